The average Bonchev–Trinajstić information content (AvgIpc) is 1.86. The minimum atomic E-state index is -1.19. The van der Waals surface area contributed by atoms with Crippen molar-refractivity contribution in [1.29, 1.82) is 0 Å². The van der Waals surface area contributed by atoms with Crippen LogP contribution in [0.4, 0.5) is 0 Å². The summed E-state index contributed by atoms with van der Waals surface area (Å²) in [6, 6.07) is 0. The second-order valence-electron chi connectivity index (χ2n) is 1.98. The van der Waals surface area contributed by atoms with Gasteiger partial charge in [0.1, 0.15) is 0 Å². The van der Waals surface area contributed by atoms with Crippen molar-refractivity contribution in [2.45, 2.75) is 19.3 Å². The van der Waals surface area contributed by atoms with Gasteiger partial charge in [-0.3, -0.25) is 9.59 Å². The van der Waals surface area contributed by atoms with Gasteiger partial charge >= 0.3 is 5.97 Å². The zero-order valence-corrected chi connectivity index (χ0v) is 5.33. The number of β-lactam (4-membered cyclic amide) rings is 1. The van der Waals surface area contributed by atoms with E-state index in [1.54, 1.807) is 0 Å². The summed E-state index contributed by atoms with van der Waals surface area (Å²) in [7, 11) is 0. The fraction of sp³-hybridized carbons (Fsp3) is 0.600. The number of hydrogen-bond donors (Lipinski definition) is 2. The Labute approximate surface area is 57.0 Å². The van der Waals surface area contributed by atoms with Crippen LogP contribution in [0.25, 0.3) is 0 Å². The van der Waals surface area contributed by atoms with Crippen molar-refractivity contribution in [3.05, 3.63) is 0 Å². The van der Waals surface area contributed by atoms with E-state index in [-0.39, 0.29) is 0 Å². The van der Waals surface area contributed by atoms with Crippen LogP contribution in [-0.2, 0) is 14.3 Å². The van der Waals surface area contributed by atoms with Crippen molar-refractivity contribution in [3.8, 4) is 0 Å². The van der Waals surface area contributed by atoms with Gasteiger partial charge in [0, 0.05) is 6.92 Å². The number of nitrogens with one attached hydrogen (secondary N) is 1. The molecule has 1 fully saturated rings. The molecule has 1 amide bonds. The maximum absolute atomic E-state index is 10.3. The zero-order chi connectivity index (χ0) is 7.72. The number of hydrogen-bond acceptors (Lipinski definition) is 4. The normalized spacial score (nSPS) is 30.4. The van der Waals surface area contributed by atoms with Gasteiger partial charge in [-0.1, -0.05) is 0 Å². The Morgan fingerprint density at radius 1 is 1.80 bits per heavy atom. The molecule has 56 valence electrons. The summed E-state index contributed by atoms with van der Waals surface area (Å²) in [5.41, 5.74) is 0. The maximum Gasteiger partial charge on any atom is 0.304 e. The lowest BCUT2D eigenvalue weighted by atomic mass is 10.2. The molecule has 1 rings (SSSR count). The van der Waals surface area contributed by atoms with Gasteiger partial charge in [0.05, 0.1) is 0 Å². The van der Waals surface area contributed by atoms with Gasteiger partial charge in [-0.05, 0) is 0 Å². The summed E-state index contributed by atoms with van der Waals surface area (Å²) in [4.78, 5) is 20.5. The zero-order valence-electron chi connectivity index (χ0n) is 5.33. The van der Waals surface area contributed by atoms with Gasteiger partial charge < -0.3 is 15.2 Å². The first-order valence-electron chi connectivity index (χ1n) is 2.77. The van der Waals surface area contributed by atoms with E-state index in [0.29, 0.717) is 0 Å². The summed E-state index contributed by atoms with van der Waals surface area (Å²) in [5.74, 6) is -1.03. The van der Waals surface area contributed by atoms with Crippen LogP contribution in [0, 0.1) is 0 Å². The van der Waals surface area contributed by atoms with Crippen molar-refractivity contribution in [2.24, 2.45) is 0 Å². The monoisotopic (exact) mass is 145 g/mol. The van der Waals surface area contributed by atoms with E-state index in [1.165, 1.54) is 6.92 Å². The number of rotatable bonds is 1. The number of carbonyl (C=O) groups excluding carboxylic acids is 2. The molecule has 0 radical (unpaired) electrons. The molecule has 10 heavy (non-hydrogen) atoms. The summed E-state index contributed by atoms with van der Waals surface area (Å²) < 4.78 is 4.45. The number of amides is 1. The molecule has 2 N–H and O–H groups in total. The molecule has 1 heterocycles. The molecule has 0 aromatic rings. The predicted octanol–water partition coefficient (Wildman–Crippen LogP) is -1.63. The van der Waals surface area contributed by atoms with Crippen LogP contribution in [0.3, 0.4) is 0 Å². The molecule has 1 saturated heterocycles. The highest BCUT2D eigenvalue weighted by Crippen LogP contribution is 2.06. The second-order valence-corrected chi connectivity index (χ2v) is 1.98. The molecular formula is C5H7NO4. The molecule has 0 aromatic carbocycles. The van der Waals surface area contributed by atoms with E-state index in [1.807, 2.05) is 0 Å². The van der Waals surface area contributed by atoms with E-state index < -0.39 is 24.2 Å². The lowest BCUT2D eigenvalue weighted by Gasteiger charge is -2.31. The van der Waals surface area contributed by atoms with Crippen LogP contribution < -0.4 is 5.32 Å². The minimum Gasteiger partial charge on any atom is -0.438 e. The Kier molecular flexibility index (Phi) is 1.58. The second kappa shape index (κ2) is 2.26. The number of carbonyl (C=O) groups is 2. The number of esters is 1. The third-order valence-corrected chi connectivity index (χ3v) is 1.13. The standard InChI is InChI=1S/C5H7NO4/c1-2(7)10-5-3(8)4(9)6-5/h3,5,8H,1H3,(H,6,9). The Morgan fingerprint density at radius 3 is 2.70 bits per heavy atom. The fourth-order valence-corrected chi connectivity index (χ4v) is 0.618. The van der Waals surface area contributed by atoms with Gasteiger partial charge in [0.2, 0.25) is 6.23 Å². The van der Waals surface area contributed by atoms with Crippen molar-refractivity contribution in [3.63, 3.8) is 0 Å². The first-order valence-corrected chi connectivity index (χ1v) is 2.77. The van der Waals surface area contributed by atoms with Crippen molar-refractivity contribution in [1.82, 2.24) is 5.32 Å². The molecule has 1 aliphatic heterocycles. The molecule has 0 bridgehead atoms. The smallest absolute Gasteiger partial charge is 0.304 e. The SMILES string of the molecule is CC(=O)OC1NC(=O)C1O. The average molecular weight is 145 g/mol. The van der Waals surface area contributed by atoms with E-state index >= 15 is 0 Å². The highest BCUT2D eigenvalue weighted by atomic mass is 16.6. The molecule has 0 aromatic heterocycles. The molecule has 0 aliphatic carbocycles. The summed E-state index contributed by atoms with van der Waals surface area (Å²) >= 11 is 0. The number of aliphatic hydroxyl groups excluding tert-OH is 1. The number of ether oxygens (including phenoxy) is 1. The van der Waals surface area contributed by atoms with E-state index in [2.05, 4.69) is 10.1 Å². The predicted molar refractivity (Wildman–Crippen MR) is 29.7 cm³/mol. The topological polar surface area (TPSA) is 75.6 Å². The Balaban J connectivity index is 2.34. The third kappa shape index (κ3) is 1.08. The van der Waals surface area contributed by atoms with E-state index in [0.717, 1.165) is 0 Å². The minimum absolute atomic E-state index is 0.508. The van der Waals surface area contributed by atoms with Gasteiger partial charge in [-0.15, -0.1) is 0 Å². The first-order chi connectivity index (χ1) is 4.61. The van der Waals surface area contributed by atoms with Crippen LogP contribution in [0.1, 0.15) is 6.92 Å². The quantitative estimate of drug-likeness (QED) is 0.343. The van der Waals surface area contributed by atoms with E-state index in [9.17, 15) is 9.59 Å². The fourth-order valence-electron chi connectivity index (χ4n) is 0.618. The van der Waals surface area contributed by atoms with Crippen LogP contribution in [0.2, 0.25) is 0 Å². The summed E-state index contributed by atoms with van der Waals surface area (Å²) in [6.45, 7) is 1.21. The highest BCUT2D eigenvalue weighted by molar-refractivity contribution is 5.88. The van der Waals surface area contributed by atoms with Crippen LogP contribution >= 0.6 is 0 Å². The Hall–Kier alpha value is -1.10. The Morgan fingerprint density at radius 2 is 2.40 bits per heavy atom. The molecule has 1 aliphatic rings. The Bertz CT molecular complexity index is 178. The highest BCUT2D eigenvalue weighted by Gasteiger charge is 2.40. The molecule has 0 spiro atoms. The number of aliphatic hydroxyl groups is 1. The van der Waals surface area contributed by atoms with Crippen LogP contribution in [0.15, 0.2) is 0 Å². The van der Waals surface area contributed by atoms with Crippen molar-refractivity contribution in [2.75, 3.05) is 0 Å². The van der Waals surface area contributed by atoms with Gasteiger partial charge in [-0.2, -0.15) is 0 Å². The van der Waals surface area contributed by atoms with Crippen molar-refractivity contribution < 1.29 is 19.4 Å². The van der Waals surface area contributed by atoms with Crippen LogP contribution in [0.5, 0.6) is 0 Å². The van der Waals surface area contributed by atoms with E-state index in [4.69, 9.17) is 5.11 Å². The molecule has 2 atom stereocenters. The summed E-state index contributed by atoms with van der Waals surface area (Å²) in [6.07, 6.45) is -2.03. The third-order valence-electron chi connectivity index (χ3n) is 1.13. The molecule has 5 heteroatoms. The molecule has 5 nitrogen and oxygen atoms in total. The van der Waals surface area contributed by atoms with Gasteiger partial charge in [-0.25, -0.2) is 0 Å². The molecule has 0 saturated carbocycles. The van der Waals surface area contributed by atoms with Crippen LogP contribution in [-0.4, -0.2) is 29.3 Å². The van der Waals surface area contributed by atoms with Crippen molar-refractivity contribution >= 4 is 11.9 Å². The maximum atomic E-state index is 10.3. The first kappa shape index (κ1) is 7.01. The largest absolute Gasteiger partial charge is 0.438 e. The molecular weight excluding hydrogens is 138 g/mol. The van der Waals surface area contributed by atoms with Gasteiger partial charge in [0.25, 0.3) is 5.91 Å². The lowest BCUT2D eigenvalue weighted by molar-refractivity contribution is -0.176. The summed E-state index contributed by atoms with van der Waals surface area (Å²) in [5, 5.41) is 10.9. The van der Waals surface area contributed by atoms with Gasteiger partial charge in [0.15, 0.2) is 6.10 Å². The molecule has 2 unspecified atom stereocenters. The lowest BCUT2D eigenvalue weighted by Crippen LogP contribution is -2.63.